The third kappa shape index (κ3) is 6.19. The molecular formula is C8H14ClNO2. The Kier molecular flexibility index (Phi) is 5.76. The predicted molar refractivity (Wildman–Crippen MR) is 49.1 cm³/mol. The molecule has 0 radical (unpaired) electrons. The summed E-state index contributed by atoms with van der Waals surface area (Å²) in [6, 6.07) is 0. The summed E-state index contributed by atoms with van der Waals surface area (Å²) in [6.07, 6.45) is 0.386. The Hall–Kier alpha value is -0.540. The molecular weight excluding hydrogens is 178 g/mol. The fourth-order valence-corrected chi connectivity index (χ4v) is 0.960. The molecule has 0 N–H and O–H groups in total. The summed E-state index contributed by atoms with van der Waals surface area (Å²) in [5.41, 5.74) is 0. The summed E-state index contributed by atoms with van der Waals surface area (Å²) in [7, 11) is 3.25. The summed E-state index contributed by atoms with van der Waals surface area (Å²) < 4.78 is 4.48. The van der Waals surface area contributed by atoms with Gasteiger partial charge in [0.05, 0.1) is 13.5 Å². The van der Waals surface area contributed by atoms with Crippen molar-refractivity contribution in [3.63, 3.8) is 0 Å². The van der Waals surface area contributed by atoms with Gasteiger partial charge in [-0.3, -0.25) is 4.79 Å². The van der Waals surface area contributed by atoms with E-state index < -0.39 is 0 Å². The molecule has 0 saturated carbocycles. The van der Waals surface area contributed by atoms with E-state index in [0.29, 0.717) is 24.5 Å². The molecule has 0 aromatic rings. The van der Waals surface area contributed by atoms with Crippen molar-refractivity contribution >= 4 is 17.6 Å². The molecule has 0 aliphatic carbocycles. The molecule has 0 aliphatic heterocycles. The van der Waals surface area contributed by atoms with Crippen molar-refractivity contribution in [3.8, 4) is 0 Å². The lowest BCUT2D eigenvalue weighted by Gasteiger charge is -2.14. The van der Waals surface area contributed by atoms with Crippen molar-refractivity contribution in [3.05, 3.63) is 11.6 Å². The first-order valence-corrected chi connectivity index (χ1v) is 4.02. The topological polar surface area (TPSA) is 29.5 Å². The summed E-state index contributed by atoms with van der Waals surface area (Å²) in [6.45, 7) is 4.78. The molecule has 0 unspecified atom stereocenters. The van der Waals surface area contributed by atoms with E-state index in [9.17, 15) is 4.79 Å². The van der Waals surface area contributed by atoms with E-state index in [1.807, 2.05) is 11.9 Å². The van der Waals surface area contributed by atoms with Crippen molar-refractivity contribution in [1.29, 1.82) is 0 Å². The normalized spacial score (nSPS) is 10.0. The van der Waals surface area contributed by atoms with Gasteiger partial charge in [-0.25, -0.2) is 0 Å². The fourth-order valence-electron chi connectivity index (χ4n) is 0.756. The SMILES string of the molecule is C=C(Cl)CN(C)CCC(=O)OC. The molecule has 70 valence electrons. The van der Waals surface area contributed by atoms with Gasteiger partial charge in [0.15, 0.2) is 0 Å². The van der Waals surface area contributed by atoms with Crippen LogP contribution in [0.2, 0.25) is 0 Å². The molecule has 0 heterocycles. The van der Waals surface area contributed by atoms with Crippen LogP contribution in [0.1, 0.15) is 6.42 Å². The van der Waals surface area contributed by atoms with Crippen LogP contribution < -0.4 is 0 Å². The third-order valence-corrected chi connectivity index (χ3v) is 1.49. The predicted octanol–water partition coefficient (Wildman–Crippen LogP) is 1.23. The lowest BCUT2D eigenvalue weighted by molar-refractivity contribution is -0.140. The third-order valence-electron chi connectivity index (χ3n) is 1.37. The minimum atomic E-state index is -0.206. The largest absolute Gasteiger partial charge is 0.469 e. The zero-order valence-corrected chi connectivity index (χ0v) is 8.23. The van der Waals surface area contributed by atoms with E-state index in [0.717, 1.165) is 0 Å². The van der Waals surface area contributed by atoms with Crippen LogP contribution in [0.15, 0.2) is 11.6 Å². The number of methoxy groups -OCH3 is 1. The lowest BCUT2D eigenvalue weighted by Crippen LogP contribution is -2.23. The monoisotopic (exact) mass is 191 g/mol. The second-order valence-electron chi connectivity index (χ2n) is 2.58. The number of esters is 1. The second-order valence-corrected chi connectivity index (χ2v) is 3.12. The number of ether oxygens (including phenoxy) is 1. The molecule has 12 heavy (non-hydrogen) atoms. The Morgan fingerprint density at radius 2 is 2.25 bits per heavy atom. The van der Waals surface area contributed by atoms with E-state index >= 15 is 0 Å². The highest BCUT2D eigenvalue weighted by atomic mass is 35.5. The molecule has 4 heteroatoms. The Balaban J connectivity index is 3.50. The van der Waals surface area contributed by atoms with Gasteiger partial charge in [-0.15, -0.1) is 0 Å². The van der Waals surface area contributed by atoms with Crippen LogP contribution >= 0.6 is 11.6 Å². The van der Waals surface area contributed by atoms with Gasteiger partial charge in [0, 0.05) is 18.1 Å². The van der Waals surface area contributed by atoms with E-state index in [4.69, 9.17) is 11.6 Å². The highest BCUT2D eigenvalue weighted by Gasteiger charge is 2.03. The maximum Gasteiger partial charge on any atom is 0.306 e. The number of hydrogen-bond acceptors (Lipinski definition) is 3. The summed E-state index contributed by atoms with van der Waals surface area (Å²) in [5.74, 6) is -0.206. The van der Waals surface area contributed by atoms with Crippen molar-refractivity contribution < 1.29 is 9.53 Å². The van der Waals surface area contributed by atoms with Crippen molar-refractivity contribution in [2.45, 2.75) is 6.42 Å². The van der Waals surface area contributed by atoms with Gasteiger partial charge in [-0.05, 0) is 7.05 Å². The van der Waals surface area contributed by atoms with Crippen LogP contribution in [-0.4, -0.2) is 38.1 Å². The zero-order chi connectivity index (χ0) is 9.56. The van der Waals surface area contributed by atoms with Crippen LogP contribution in [0, 0.1) is 0 Å². The number of nitrogens with zero attached hydrogens (tertiary/aromatic N) is 1. The highest BCUT2D eigenvalue weighted by Crippen LogP contribution is 1.99. The lowest BCUT2D eigenvalue weighted by atomic mass is 10.4. The van der Waals surface area contributed by atoms with Gasteiger partial charge in [0.25, 0.3) is 0 Å². The first-order chi connectivity index (χ1) is 5.56. The molecule has 0 fully saturated rings. The molecule has 0 rings (SSSR count). The minimum absolute atomic E-state index is 0.206. The number of rotatable bonds is 5. The van der Waals surface area contributed by atoms with Crippen LogP contribution in [0.5, 0.6) is 0 Å². The molecule has 0 aromatic heterocycles. The van der Waals surface area contributed by atoms with Gasteiger partial charge in [0.1, 0.15) is 0 Å². The second kappa shape index (κ2) is 6.03. The maximum absolute atomic E-state index is 10.7. The molecule has 0 bridgehead atoms. The smallest absolute Gasteiger partial charge is 0.306 e. The van der Waals surface area contributed by atoms with Crippen LogP contribution in [0.25, 0.3) is 0 Å². The van der Waals surface area contributed by atoms with E-state index in [-0.39, 0.29) is 5.97 Å². The quantitative estimate of drug-likeness (QED) is 0.613. The number of halogens is 1. The van der Waals surface area contributed by atoms with Gasteiger partial charge in [-0.2, -0.15) is 0 Å². The molecule has 0 aliphatic rings. The Bertz CT molecular complexity index is 170. The van der Waals surface area contributed by atoms with E-state index in [2.05, 4.69) is 11.3 Å². The summed E-state index contributed by atoms with van der Waals surface area (Å²) in [5, 5.41) is 0.572. The Labute approximate surface area is 77.9 Å². The van der Waals surface area contributed by atoms with Crippen LogP contribution in [-0.2, 0) is 9.53 Å². The number of likely N-dealkylation sites (N-methyl/N-ethyl adjacent to an activating group) is 1. The maximum atomic E-state index is 10.7. The van der Waals surface area contributed by atoms with Gasteiger partial charge in [0.2, 0.25) is 0 Å². The molecule has 3 nitrogen and oxygen atoms in total. The summed E-state index contributed by atoms with van der Waals surface area (Å²) >= 11 is 5.57. The summed E-state index contributed by atoms with van der Waals surface area (Å²) in [4.78, 5) is 12.6. The van der Waals surface area contributed by atoms with E-state index in [1.165, 1.54) is 7.11 Å². The molecule has 0 spiro atoms. The average Bonchev–Trinajstić information content (AvgIpc) is 1.99. The Morgan fingerprint density at radius 3 is 2.67 bits per heavy atom. The number of hydrogen-bond donors (Lipinski definition) is 0. The van der Waals surface area contributed by atoms with Gasteiger partial charge in [-0.1, -0.05) is 18.2 Å². The number of carbonyl (C=O) groups excluding carboxylic acids is 1. The van der Waals surface area contributed by atoms with Crippen molar-refractivity contribution in [2.75, 3.05) is 27.2 Å². The molecule has 0 aromatic carbocycles. The standard InChI is InChI=1S/C8H14ClNO2/c1-7(9)6-10(2)5-4-8(11)12-3/h1,4-6H2,2-3H3. The zero-order valence-electron chi connectivity index (χ0n) is 7.47. The first kappa shape index (κ1) is 11.5. The van der Waals surface area contributed by atoms with Gasteiger partial charge >= 0.3 is 5.97 Å². The van der Waals surface area contributed by atoms with Crippen LogP contribution in [0.4, 0.5) is 0 Å². The first-order valence-electron chi connectivity index (χ1n) is 3.65. The number of carbonyl (C=O) groups is 1. The molecule has 0 saturated heterocycles. The fraction of sp³-hybridized carbons (Fsp3) is 0.625. The van der Waals surface area contributed by atoms with Crippen molar-refractivity contribution in [1.82, 2.24) is 4.90 Å². The highest BCUT2D eigenvalue weighted by molar-refractivity contribution is 6.29. The average molecular weight is 192 g/mol. The molecule has 0 atom stereocenters. The van der Waals surface area contributed by atoms with E-state index in [1.54, 1.807) is 0 Å². The van der Waals surface area contributed by atoms with Gasteiger partial charge < -0.3 is 9.64 Å². The molecule has 0 amide bonds. The van der Waals surface area contributed by atoms with Crippen molar-refractivity contribution in [2.24, 2.45) is 0 Å². The Morgan fingerprint density at radius 1 is 1.67 bits per heavy atom. The van der Waals surface area contributed by atoms with Crippen LogP contribution in [0.3, 0.4) is 0 Å². The minimum Gasteiger partial charge on any atom is -0.469 e.